The lowest BCUT2D eigenvalue weighted by Gasteiger charge is -2.13. The number of aromatic nitrogens is 1. The molecule has 5 aromatic carbocycles. The van der Waals surface area contributed by atoms with E-state index in [1.807, 2.05) is 0 Å². The number of hydrogen-bond acceptors (Lipinski definition) is 1. The zero-order valence-corrected chi connectivity index (χ0v) is 17.3. The van der Waals surface area contributed by atoms with Gasteiger partial charge in [-0.3, -0.25) is 0 Å². The Bertz CT molecular complexity index is 1580. The fraction of sp³-hybridized carbons (Fsp3) is 0.0333. The topological polar surface area (TPSA) is 12.9 Å². The van der Waals surface area contributed by atoms with Gasteiger partial charge in [-0.1, -0.05) is 103 Å². The van der Waals surface area contributed by atoms with Gasteiger partial charge in [0, 0.05) is 16.3 Å². The van der Waals surface area contributed by atoms with Gasteiger partial charge in [-0.2, -0.15) is 0 Å². The number of hydrogen-bond donors (Lipinski definition) is 0. The smallest absolute Gasteiger partial charge is 0.0794 e. The first-order valence-corrected chi connectivity index (χ1v) is 10.6. The van der Waals surface area contributed by atoms with Gasteiger partial charge in [0.25, 0.3) is 0 Å². The number of aryl methyl sites for hydroxylation is 1. The summed E-state index contributed by atoms with van der Waals surface area (Å²) in [6.07, 6.45) is 0. The molecule has 146 valence electrons. The van der Waals surface area contributed by atoms with Crippen molar-refractivity contribution in [2.24, 2.45) is 0 Å². The first-order chi connectivity index (χ1) is 15.3. The zero-order valence-electron chi connectivity index (χ0n) is 17.3. The number of benzene rings is 5. The van der Waals surface area contributed by atoms with Crippen molar-refractivity contribution < 1.29 is 0 Å². The molecular formula is C30H21N. The van der Waals surface area contributed by atoms with Crippen LogP contribution in [0.1, 0.15) is 5.56 Å². The molecule has 0 atom stereocenters. The maximum Gasteiger partial charge on any atom is 0.0794 e. The van der Waals surface area contributed by atoms with E-state index in [-0.39, 0.29) is 0 Å². The predicted octanol–water partition coefficient (Wildman–Crippen LogP) is 8.18. The van der Waals surface area contributed by atoms with Gasteiger partial charge >= 0.3 is 0 Å². The summed E-state index contributed by atoms with van der Waals surface area (Å²) in [6, 6.07) is 39.1. The molecule has 0 aliphatic carbocycles. The second-order valence-electron chi connectivity index (χ2n) is 8.17. The molecule has 6 aromatic rings. The van der Waals surface area contributed by atoms with Crippen LogP contribution in [0.25, 0.3) is 54.8 Å². The van der Waals surface area contributed by atoms with E-state index in [0.29, 0.717) is 0 Å². The standard InChI is InChI=1S/C30H21N/c1-20-10-12-23(13-11-20)29-19-28(25-15-14-21-6-2-3-8-24(21)18-25)27-17-16-22-7-4-5-9-26(22)30(27)31-29/h2-19H,1H3. The third-order valence-corrected chi connectivity index (χ3v) is 6.11. The van der Waals surface area contributed by atoms with Crippen LogP contribution in [0.5, 0.6) is 0 Å². The summed E-state index contributed by atoms with van der Waals surface area (Å²) in [6.45, 7) is 2.12. The van der Waals surface area contributed by atoms with Gasteiger partial charge in [-0.15, -0.1) is 0 Å². The molecule has 31 heavy (non-hydrogen) atoms. The van der Waals surface area contributed by atoms with Crippen LogP contribution in [0.15, 0.2) is 109 Å². The quantitative estimate of drug-likeness (QED) is 0.269. The molecule has 0 saturated carbocycles. The van der Waals surface area contributed by atoms with Crippen LogP contribution in [0.3, 0.4) is 0 Å². The summed E-state index contributed by atoms with van der Waals surface area (Å²) in [5.74, 6) is 0. The van der Waals surface area contributed by atoms with Gasteiger partial charge in [0.2, 0.25) is 0 Å². The Kier molecular flexibility index (Phi) is 4.07. The van der Waals surface area contributed by atoms with E-state index < -0.39 is 0 Å². The summed E-state index contributed by atoms with van der Waals surface area (Å²) in [7, 11) is 0. The van der Waals surface area contributed by atoms with Gasteiger partial charge in [0.05, 0.1) is 11.2 Å². The summed E-state index contributed by atoms with van der Waals surface area (Å²) in [5.41, 5.74) is 6.89. The SMILES string of the molecule is Cc1ccc(-c2cc(-c3ccc4ccccc4c3)c3ccc4ccccc4c3n2)cc1. The zero-order chi connectivity index (χ0) is 20.8. The van der Waals surface area contributed by atoms with Crippen LogP contribution >= 0.6 is 0 Å². The van der Waals surface area contributed by atoms with Crippen LogP contribution in [0.4, 0.5) is 0 Å². The average molecular weight is 396 g/mol. The molecular weight excluding hydrogens is 374 g/mol. The Balaban J connectivity index is 1.70. The minimum Gasteiger partial charge on any atom is -0.247 e. The van der Waals surface area contributed by atoms with E-state index in [9.17, 15) is 0 Å². The summed E-state index contributed by atoms with van der Waals surface area (Å²) >= 11 is 0. The van der Waals surface area contributed by atoms with Gasteiger partial charge < -0.3 is 0 Å². The van der Waals surface area contributed by atoms with Crippen molar-refractivity contribution in [1.29, 1.82) is 0 Å². The van der Waals surface area contributed by atoms with Crippen molar-refractivity contribution in [3.63, 3.8) is 0 Å². The third-order valence-electron chi connectivity index (χ3n) is 6.11. The van der Waals surface area contributed by atoms with E-state index in [2.05, 4.69) is 116 Å². The molecule has 1 aromatic heterocycles. The average Bonchev–Trinajstić information content (AvgIpc) is 2.83. The molecule has 0 fully saturated rings. The van der Waals surface area contributed by atoms with Gasteiger partial charge in [-0.05, 0) is 46.3 Å². The van der Waals surface area contributed by atoms with Gasteiger partial charge in [-0.25, -0.2) is 4.98 Å². The summed E-state index contributed by atoms with van der Waals surface area (Å²) in [5, 5.41) is 6.10. The minimum absolute atomic E-state index is 1.01. The molecule has 1 heteroatoms. The summed E-state index contributed by atoms with van der Waals surface area (Å²) in [4.78, 5) is 5.15. The maximum absolute atomic E-state index is 5.15. The second kappa shape index (κ2) is 7.07. The number of pyridine rings is 1. The van der Waals surface area contributed by atoms with Crippen molar-refractivity contribution >= 4 is 32.4 Å². The Morgan fingerprint density at radius 1 is 0.516 bits per heavy atom. The monoisotopic (exact) mass is 395 g/mol. The van der Waals surface area contributed by atoms with Gasteiger partial charge in [0.1, 0.15) is 0 Å². The van der Waals surface area contributed by atoms with E-state index >= 15 is 0 Å². The van der Waals surface area contributed by atoms with Crippen LogP contribution in [0, 0.1) is 6.92 Å². The molecule has 0 aliphatic rings. The maximum atomic E-state index is 5.15. The van der Waals surface area contributed by atoms with Crippen molar-refractivity contribution in [2.75, 3.05) is 0 Å². The Labute approximate surface area is 181 Å². The first-order valence-electron chi connectivity index (χ1n) is 10.6. The molecule has 6 rings (SSSR count). The molecule has 0 N–H and O–H groups in total. The van der Waals surface area contributed by atoms with Crippen molar-refractivity contribution in [1.82, 2.24) is 4.98 Å². The number of nitrogens with zero attached hydrogens (tertiary/aromatic N) is 1. The molecule has 1 heterocycles. The van der Waals surface area contributed by atoms with Crippen LogP contribution in [0.2, 0.25) is 0 Å². The second-order valence-corrected chi connectivity index (χ2v) is 8.17. The molecule has 1 nitrogen and oxygen atoms in total. The Morgan fingerprint density at radius 2 is 1.19 bits per heavy atom. The first kappa shape index (κ1) is 17.9. The highest BCUT2D eigenvalue weighted by atomic mass is 14.7. The minimum atomic E-state index is 1.01. The van der Waals surface area contributed by atoms with Crippen LogP contribution in [-0.2, 0) is 0 Å². The number of rotatable bonds is 2. The molecule has 0 bridgehead atoms. The Morgan fingerprint density at radius 3 is 2.03 bits per heavy atom. The molecule has 0 unspecified atom stereocenters. The highest BCUT2D eigenvalue weighted by Gasteiger charge is 2.12. The molecule has 0 saturated heterocycles. The Hall–Kier alpha value is -3.97. The largest absolute Gasteiger partial charge is 0.247 e. The fourth-order valence-corrected chi connectivity index (χ4v) is 4.43. The number of fused-ring (bicyclic) bond motifs is 4. The van der Waals surface area contributed by atoms with Crippen LogP contribution in [-0.4, -0.2) is 4.98 Å². The highest BCUT2D eigenvalue weighted by Crippen LogP contribution is 2.36. The van der Waals surface area contributed by atoms with Crippen molar-refractivity contribution in [3.05, 3.63) is 115 Å². The highest BCUT2D eigenvalue weighted by molar-refractivity contribution is 6.11. The third kappa shape index (κ3) is 3.06. The fourth-order valence-electron chi connectivity index (χ4n) is 4.43. The van der Waals surface area contributed by atoms with E-state index in [1.54, 1.807) is 0 Å². The lowest BCUT2D eigenvalue weighted by atomic mass is 9.94. The van der Waals surface area contributed by atoms with Crippen molar-refractivity contribution in [3.8, 4) is 22.4 Å². The lowest BCUT2D eigenvalue weighted by molar-refractivity contribution is 1.39. The van der Waals surface area contributed by atoms with E-state index in [4.69, 9.17) is 4.98 Å². The normalized spacial score (nSPS) is 11.4. The molecule has 0 spiro atoms. The molecule has 0 amide bonds. The molecule has 0 aliphatic heterocycles. The van der Waals surface area contributed by atoms with Crippen molar-refractivity contribution in [2.45, 2.75) is 6.92 Å². The molecule has 0 radical (unpaired) electrons. The van der Waals surface area contributed by atoms with Gasteiger partial charge in [0.15, 0.2) is 0 Å². The predicted molar refractivity (Wildman–Crippen MR) is 132 cm³/mol. The van der Waals surface area contributed by atoms with Crippen LogP contribution < -0.4 is 0 Å². The summed E-state index contributed by atoms with van der Waals surface area (Å²) < 4.78 is 0. The van der Waals surface area contributed by atoms with E-state index in [0.717, 1.165) is 16.8 Å². The lowest BCUT2D eigenvalue weighted by Crippen LogP contribution is -1.91. The van der Waals surface area contributed by atoms with E-state index in [1.165, 1.54) is 43.6 Å².